The maximum absolute atomic E-state index is 13.4. The molecule has 0 bridgehead atoms. The van der Waals surface area contributed by atoms with E-state index < -0.39 is 4.92 Å². The lowest BCUT2D eigenvalue weighted by atomic mass is 10.1. The van der Waals surface area contributed by atoms with Crippen molar-refractivity contribution < 1.29 is 14.5 Å². The van der Waals surface area contributed by atoms with Crippen LogP contribution in [0, 0.1) is 17.0 Å². The molecule has 3 aromatic rings. The Kier molecular flexibility index (Phi) is 5.37. The first-order chi connectivity index (χ1) is 15.0. The maximum atomic E-state index is 13.4. The van der Waals surface area contributed by atoms with Crippen LogP contribution in [0.3, 0.4) is 0 Å². The Balaban J connectivity index is 1.77. The van der Waals surface area contributed by atoms with Crippen LogP contribution in [0.1, 0.15) is 16.7 Å². The molecule has 0 aromatic heterocycles. The predicted octanol–water partition coefficient (Wildman–Crippen LogP) is 5.38. The standard InChI is InChI=1S/C25H20N2O4/c1-17-3-7-19(8-4-17)24-16-20(15-18-5-9-22(10-6-18)27(29)30)25(28)26(24)21-11-13-23(31-2)14-12-21/h3-16H,1-2H3/b20-15+. The number of ether oxygens (including phenoxy) is 1. The van der Waals surface area contributed by atoms with Crippen molar-refractivity contribution in [1.29, 1.82) is 0 Å². The van der Waals surface area contributed by atoms with Crippen LogP contribution in [0.4, 0.5) is 11.4 Å². The third-order valence-electron chi connectivity index (χ3n) is 5.09. The van der Waals surface area contributed by atoms with Crippen molar-refractivity contribution in [2.45, 2.75) is 6.92 Å². The summed E-state index contributed by atoms with van der Waals surface area (Å²) in [6.45, 7) is 2.01. The number of carbonyl (C=O) groups is 1. The van der Waals surface area contributed by atoms with Crippen molar-refractivity contribution in [3.8, 4) is 5.75 Å². The van der Waals surface area contributed by atoms with Crippen molar-refractivity contribution in [1.82, 2.24) is 0 Å². The van der Waals surface area contributed by atoms with Crippen LogP contribution >= 0.6 is 0 Å². The number of rotatable bonds is 5. The number of nitro groups is 1. The highest BCUT2D eigenvalue weighted by Crippen LogP contribution is 2.36. The summed E-state index contributed by atoms with van der Waals surface area (Å²) in [7, 11) is 1.60. The monoisotopic (exact) mass is 412 g/mol. The van der Waals surface area contributed by atoms with Gasteiger partial charge in [0.25, 0.3) is 11.6 Å². The van der Waals surface area contributed by atoms with Gasteiger partial charge in [-0.25, -0.2) is 0 Å². The Morgan fingerprint density at radius 1 is 0.935 bits per heavy atom. The second-order valence-corrected chi connectivity index (χ2v) is 7.18. The number of nitrogens with zero attached hydrogens (tertiary/aromatic N) is 2. The fourth-order valence-electron chi connectivity index (χ4n) is 3.41. The number of methoxy groups -OCH3 is 1. The van der Waals surface area contributed by atoms with Gasteiger partial charge >= 0.3 is 0 Å². The topological polar surface area (TPSA) is 72.7 Å². The Bertz CT molecular complexity index is 1190. The lowest BCUT2D eigenvalue weighted by molar-refractivity contribution is -0.384. The fourth-order valence-corrected chi connectivity index (χ4v) is 3.41. The molecule has 6 nitrogen and oxygen atoms in total. The van der Waals surface area contributed by atoms with E-state index in [9.17, 15) is 14.9 Å². The van der Waals surface area contributed by atoms with Crippen LogP contribution in [0.15, 0.2) is 84.4 Å². The molecule has 31 heavy (non-hydrogen) atoms. The van der Waals surface area contributed by atoms with E-state index >= 15 is 0 Å². The van der Waals surface area contributed by atoms with Gasteiger partial charge in [-0.05, 0) is 66.6 Å². The Morgan fingerprint density at radius 3 is 2.16 bits per heavy atom. The molecule has 3 aromatic carbocycles. The number of hydrogen-bond donors (Lipinski definition) is 0. The van der Waals surface area contributed by atoms with Crippen LogP contribution < -0.4 is 9.64 Å². The summed E-state index contributed by atoms with van der Waals surface area (Å²) in [5.41, 5.74) is 4.77. The quantitative estimate of drug-likeness (QED) is 0.320. The van der Waals surface area contributed by atoms with Gasteiger partial charge in [0.2, 0.25) is 0 Å². The number of aryl methyl sites for hydroxylation is 1. The zero-order chi connectivity index (χ0) is 22.0. The maximum Gasteiger partial charge on any atom is 0.269 e. The average Bonchev–Trinajstić information content (AvgIpc) is 3.10. The van der Waals surface area contributed by atoms with Crippen LogP contribution in [0.5, 0.6) is 5.75 Å². The number of benzene rings is 3. The largest absolute Gasteiger partial charge is 0.497 e. The molecule has 0 saturated heterocycles. The van der Waals surface area contributed by atoms with Crippen molar-refractivity contribution in [2.24, 2.45) is 0 Å². The molecule has 1 amide bonds. The highest BCUT2D eigenvalue weighted by atomic mass is 16.6. The SMILES string of the molecule is COc1ccc(N2C(=O)/C(=C/c3ccc([N+](=O)[O-])cc3)C=C2c2ccc(C)cc2)cc1. The molecule has 6 heteroatoms. The Morgan fingerprint density at radius 2 is 1.58 bits per heavy atom. The molecule has 0 radical (unpaired) electrons. The average molecular weight is 412 g/mol. The van der Waals surface area contributed by atoms with Crippen molar-refractivity contribution in [3.05, 3.63) is 111 Å². The van der Waals surface area contributed by atoms with Crippen LogP contribution in [0.2, 0.25) is 0 Å². The van der Waals surface area contributed by atoms with Gasteiger partial charge in [0.05, 0.1) is 17.7 Å². The highest BCUT2D eigenvalue weighted by molar-refractivity contribution is 6.23. The van der Waals surface area contributed by atoms with Crippen molar-refractivity contribution in [3.63, 3.8) is 0 Å². The van der Waals surface area contributed by atoms with E-state index in [-0.39, 0.29) is 11.6 Å². The second-order valence-electron chi connectivity index (χ2n) is 7.18. The smallest absolute Gasteiger partial charge is 0.269 e. The summed E-state index contributed by atoms with van der Waals surface area (Å²) >= 11 is 0. The van der Waals surface area contributed by atoms with E-state index in [1.807, 2.05) is 61.5 Å². The van der Waals surface area contributed by atoms with Gasteiger partial charge in [-0.3, -0.25) is 19.8 Å². The number of nitro benzene ring substituents is 1. The molecule has 0 atom stereocenters. The van der Waals surface area contributed by atoms with Crippen LogP contribution in [-0.4, -0.2) is 17.9 Å². The predicted molar refractivity (Wildman–Crippen MR) is 121 cm³/mol. The molecular weight excluding hydrogens is 392 g/mol. The van der Waals surface area contributed by atoms with Gasteiger partial charge in [-0.1, -0.05) is 29.8 Å². The lowest BCUT2D eigenvalue weighted by Crippen LogP contribution is -2.24. The molecule has 0 N–H and O–H groups in total. The molecule has 0 fully saturated rings. The summed E-state index contributed by atoms with van der Waals surface area (Å²) in [6, 6.07) is 21.4. The number of non-ortho nitro benzene ring substituents is 1. The van der Waals surface area contributed by atoms with Gasteiger partial charge < -0.3 is 4.74 Å². The van der Waals surface area contributed by atoms with E-state index in [0.29, 0.717) is 16.9 Å². The zero-order valence-corrected chi connectivity index (χ0v) is 17.1. The summed E-state index contributed by atoms with van der Waals surface area (Å²) in [6.07, 6.45) is 3.59. The molecule has 0 saturated carbocycles. The lowest BCUT2D eigenvalue weighted by Gasteiger charge is -2.21. The number of carbonyl (C=O) groups excluding carboxylic acids is 1. The first-order valence-electron chi connectivity index (χ1n) is 9.69. The van der Waals surface area contributed by atoms with Gasteiger partial charge in [-0.2, -0.15) is 0 Å². The third-order valence-corrected chi connectivity index (χ3v) is 5.09. The van der Waals surface area contributed by atoms with E-state index in [1.54, 1.807) is 30.2 Å². The summed E-state index contributed by atoms with van der Waals surface area (Å²) in [5.74, 6) is 0.539. The fraction of sp³-hybridized carbons (Fsp3) is 0.0800. The summed E-state index contributed by atoms with van der Waals surface area (Å²) in [5, 5.41) is 10.9. The molecule has 1 heterocycles. The minimum absolute atomic E-state index is 0.00986. The van der Waals surface area contributed by atoms with Gasteiger partial charge in [-0.15, -0.1) is 0 Å². The van der Waals surface area contributed by atoms with Gasteiger partial charge in [0.1, 0.15) is 5.75 Å². The first kappa shape index (κ1) is 20.1. The first-order valence-corrected chi connectivity index (χ1v) is 9.69. The minimum Gasteiger partial charge on any atom is -0.497 e. The molecule has 1 aliphatic rings. The van der Waals surface area contributed by atoms with Gasteiger partial charge in [0.15, 0.2) is 0 Å². The van der Waals surface area contributed by atoms with E-state index in [2.05, 4.69) is 0 Å². The molecule has 154 valence electrons. The molecule has 0 spiro atoms. The Labute approximate surface area is 179 Å². The Hall–Kier alpha value is -4.19. The van der Waals surface area contributed by atoms with E-state index in [1.165, 1.54) is 12.1 Å². The second kappa shape index (κ2) is 8.28. The molecule has 1 aliphatic heterocycles. The number of amides is 1. The summed E-state index contributed by atoms with van der Waals surface area (Å²) in [4.78, 5) is 25.5. The highest BCUT2D eigenvalue weighted by Gasteiger charge is 2.30. The van der Waals surface area contributed by atoms with Crippen molar-refractivity contribution >= 4 is 29.1 Å². The zero-order valence-electron chi connectivity index (χ0n) is 17.1. The van der Waals surface area contributed by atoms with Crippen LogP contribution in [-0.2, 0) is 4.79 Å². The molecular formula is C25H20N2O4. The third kappa shape index (κ3) is 4.09. The van der Waals surface area contributed by atoms with E-state index in [4.69, 9.17) is 4.74 Å². The minimum atomic E-state index is -0.446. The molecule has 4 rings (SSSR count). The molecule has 0 aliphatic carbocycles. The number of hydrogen-bond acceptors (Lipinski definition) is 4. The molecule has 0 unspecified atom stereocenters. The van der Waals surface area contributed by atoms with Crippen LogP contribution in [0.25, 0.3) is 11.8 Å². The number of anilines is 1. The van der Waals surface area contributed by atoms with Crippen molar-refractivity contribution in [2.75, 3.05) is 12.0 Å². The van der Waals surface area contributed by atoms with E-state index in [0.717, 1.165) is 22.5 Å². The summed E-state index contributed by atoms with van der Waals surface area (Å²) < 4.78 is 5.23. The normalized spacial score (nSPS) is 14.6. The van der Waals surface area contributed by atoms with Gasteiger partial charge in [0, 0.05) is 23.4 Å².